The molecule has 0 heterocycles. The van der Waals surface area contributed by atoms with Crippen LogP contribution < -0.4 is 19.5 Å². The number of benzene rings is 2. The van der Waals surface area contributed by atoms with Crippen LogP contribution in [0, 0.1) is 11.6 Å². The second-order valence-electron chi connectivity index (χ2n) is 5.92. The van der Waals surface area contributed by atoms with Crippen LogP contribution in [0.15, 0.2) is 36.4 Å². The second-order valence-corrected chi connectivity index (χ2v) is 7.33. The molecule has 0 aliphatic carbocycles. The highest BCUT2D eigenvalue weighted by molar-refractivity contribution is 7.91. The van der Waals surface area contributed by atoms with Gasteiger partial charge < -0.3 is 19.9 Å². The number of anilines is 2. The summed E-state index contributed by atoms with van der Waals surface area (Å²) in [5, 5.41) is 11.0. The predicted molar refractivity (Wildman–Crippen MR) is 106 cm³/mol. The Hall–Kier alpha value is -3.45. The number of rotatable bonds is 9. The van der Waals surface area contributed by atoms with Crippen molar-refractivity contribution in [2.75, 3.05) is 30.4 Å². The maximum Gasteiger partial charge on any atom is 0.422 e. The molecule has 2 aromatic carbocycles. The first-order chi connectivity index (χ1) is 14.6. The van der Waals surface area contributed by atoms with Crippen LogP contribution in [-0.2, 0) is 14.9 Å². The molecule has 0 aromatic heterocycles. The molecular weight excluding hydrogens is 440 g/mol. The van der Waals surface area contributed by atoms with E-state index in [9.17, 15) is 26.8 Å². The van der Waals surface area contributed by atoms with Gasteiger partial charge in [-0.3, -0.25) is 9.52 Å². The lowest BCUT2D eigenvalue weighted by molar-refractivity contribution is 0.102. The van der Waals surface area contributed by atoms with Crippen LogP contribution >= 0.6 is 0 Å². The molecule has 13 heteroatoms. The highest BCUT2D eigenvalue weighted by Gasteiger charge is 2.19. The van der Waals surface area contributed by atoms with Gasteiger partial charge >= 0.3 is 16.3 Å². The normalized spacial score (nSPS) is 10.8. The molecule has 2 aromatic rings. The van der Waals surface area contributed by atoms with Gasteiger partial charge in [-0.1, -0.05) is 0 Å². The van der Waals surface area contributed by atoms with Crippen molar-refractivity contribution in [3.05, 3.63) is 53.6 Å². The highest BCUT2D eigenvalue weighted by atomic mass is 32.2. The van der Waals surface area contributed by atoms with E-state index < -0.39 is 33.8 Å². The molecule has 0 fully saturated rings. The number of aliphatic hydroxyl groups is 1. The lowest BCUT2D eigenvalue weighted by Crippen LogP contribution is -2.36. The number of carbonyl (C=O) groups is 2. The van der Waals surface area contributed by atoms with E-state index in [1.807, 2.05) is 4.72 Å². The lowest BCUT2D eigenvalue weighted by atomic mass is 10.1. The van der Waals surface area contributed by atoms with Crippen LogP contribution in [0.4, 0.5) is 25.0 Å². The molecule has 10 nitrogen and oxygen atoms in total. The van der Waals surface area contributed by atoms with Crippen molar-refractivity contribution in [3.8, 4) is 5.75 Å². The molecular formula is C18H19F2N3O7S. The minimum Gasteiger partial charge on any atom is -0.495 e. The number of nitrogens with one attached hydrogen (secondary N) is 3. The highest BCUT2D eigenvalue weighted by Crippen LogP contribution is 2.27. The number of ether oxygens (including phenoxy) is 2. The average Bonchev–Trinajstić information content (AvgIpc) is 2.70. The Kier molecular flexibility index (Phi) is 8.10. The zero-order chi connectivity index (χ0) is 23.0. The molecule has 0 unspecified atom stereocenters. The summed E-state index contributed by atoms with van der Waals surface area (Å²) in [5.74, 6) is -2.95. The van der Waals surface area contributed by atoms with Crippen molar-refractivity contribution in [1.29, 1.82) is 0 Å². The molecule has 0 bridgehead atoms. The largest absolute Gasteiger partial charge is 0.495 e. The Morgan fingerprint density at radius 2 is 1.84 bits per heavy atom. The molecule has 0 saturated carbocycles. The van der Waals surface area contributed by atoms with E-state index in [1.165, 1.54) is 19.2 Å². The summed E-state index contributed by atoms with van der Waals surface area (Å²) in [6.45, 7) is -0.435. The van der Waals surface area contributed by atoms with E-state index in [0.717, 1.165) is 24.3 Å². The van der Waals surface area contributed by atoms with E-state index in [-0.39, 0.29) is 42.3 Å². The van der Waals surface area contributed by atoms with Gasteiger partial charge in [0.1, 0.15) is 5.75 Å². The van der Waals surface area contributed by atoms with E-state index in [0.29, 0.717) is 0 Å². The average molecular weight is 459 g/mol. The summed E-state index contributed by atoms with van der Waals surface area (Å²) in [5.41, 5.74) is -0.251. The number of halogens is 2. The fourth-order valence-electron chi connectivity index (χ4n) is 2.24. The second kappa shape index (κ2) is 10.5. The maximum absolute atomic E-state index is 13.3. The first kappa shape index (κ1) is 23.8. The number of hydrogen-bond donors (Lipinski definition) is 4. The zero-order valence-electron chi connectivity index (χ0n) is 16.1. The fraction of sp³-hybridized carbons (Fsp3) is 0.222. The van der Waals surface area contributed by atoms with Crippen LogP contribution in [-0.4, -0.2) is 45.8 Å². The molecule has 168 valence electrons. The summed E-state index contributed by atoms with van der Waals surface area (Å²) in [6, 6.07) is 6.48. The van der Waals surface area contributed by atoms with Crippen LogP contribution in [0.2, 0.25) is 0 Å². The molecule has 0 saturated heterocycles. The van der Waals surface area contributed by atoms with Crippen molar-refractivity contribution in [2.24, 2.45) is 0 Å². The van der Waals surface area contributed by atoms with E-state index >= 15 is 0 Å². The minimum absolute atomic E-state index is 0.0193. The monoisotopic (exact) mass is 459 g/mol. The van der Waals surface area contributed by atoms with Crippen molar-refractivity contribution >= 4 is 33.6 Å². The molecule has 0 aliphatic heterocycles. The van der Waals surface area contributed by atoms with E-state index in [2.05, 4.69) is 10.1 Å². The first-order valence-electron chi connectivity index (χ1n) is 8.68. The molecule has 0 radical (unpaired) electrons. The summed E-state index contributed by atoms with van der Waals surface area (Å²) in [4.78, 5) is 23.9. The standard InChI is InChI=1S/C18H19F2N3O7S/c1-29-16-6-3-11(17(25)21-12-4-5-13(19)14(20)10-12)9-15(16)22-31(27,28)23-18(26)30-8-2-7-24/h3-6,9-10,22,24H,2,7-8H2,1H3,(H,21,25)(H,23,26). The Bertz CT molecular complexity index is 1060. The Morgan fingerprint density at radius 1 is 1.10 bits per heavy atom. The Balaban J connectivity index is 2.16. The van der Waals surface area contributed by atoms with Crippen LogP contribution in [0.1, 0.15) is 16.8 Å². The molecule has 0 aliphatic rings. The SMILES string of the molecule is COc1ccc(C(=O)Nc2ccc(F)c(F)c2)cc1NS(=O)(=O)NC(=O)OCCCO. The number of carbonyl (C=O) groups excluding carboxylic acids is 2. The first-order valence-corrected chi connectivity index (χ1v) is 10.2. The van der Waals surface area contributed by atoms with E-state index in [1.54, 1.807) is 4.72 Å². The Labute approximate surface area is 176 Å². The van der Waals surface area contributed by atoms with Crippen molar-refractivity contribution in [1.82, 2.24) is 4.72 Å². The fourth-order valence-corrected chi connectivity index (χ4v) is 3.02. The van der Waals surface area contributed by atoms with Gasteiger partial charge in [0, 0.05) is 30.3 Å². The van der Waals surface area contributed by atoms with Gasteiger partial charge in [-0.2, -0.15) is 8.42 Å². The van der Waals surface area contributed by atoms with Gasteiger partial charge in [-0.25, -0.2) is 18.3 Å². The molecule has 2 rings (SSSR count). The third-order valence-corrected chi connectivity index (χ3v) is 4.56. The number of hydrogen-bond acceptors (Lipinski definition) is 7. The van der Waals surface area contributed by atoms with Crippen molar-refractivity contribution < 1.29 is 41.4 Å². The molecule has 4 N–H and O–H groups in total. The van der Waals surface area contributed by atoms with Gasteiger partial charge in [0.25, 0.3) is 5.91 Å². The zero-order valence-corrected chi connectivity index (χ0v) is 17.0. The van der Waals surface area contributed by atoms with Gasteiger partial charge in [0.05, 0.1) is 19.4 Å². The van der Waals surface area contributed by atoms with Crippen LogP contribution in [0.3, 0.4) is 0 Å². The minimum atomic E-state index is -4.46. The summed E-state index contributed by atoms with van der Waals surface area (Å²) >= 11 is 0. The quantitative estimate of drug-likeness (QED) is 0.420. The lowest BCUT2D eigenvalue weighted by Gasteiger charge is -2.14. The molecule has 2 amide bonds. The van der Waals surface area contributed by atoms with Gasteiger partial charge in [-0.15, -0.1) is 0 Å². The van der Waals surface area contributed by atoms with Gasteiger partial charge in [0.2, 0.25) is 0 Å². The molecule has 0 spiro atoms. The number of aliphatic hydroxyl groups excluding tert-OH is 1. The third-order valence-electron chi connectivity index (χ3n) is 3.64. The van der Waals surface area contributed by atoms with Gasteiger partial charge in [-0.05, 0) is 30.3 Å². The Morgan fingerprint density at radius 3 is 2.48 bits per heavy atom. The summed E-state index contributed by atoms with van der Waals surface area (Å²) in [7, 11) is -3.20. The van der Waals surface area contributed by atoms with Crippen LogP contribution in [0.5, 0.6) is 5.75 Å². The third kappa shape index (κ3) is 7.08. The summed E-state index contributed by atoms with van der Waals surface area (Å²) in [6.07, 6.45) is -1.14. The van der Waals surface area contributed by atoms with E-state index in [4.69, 9.17) is 9.84 Å². The number of methoxy groups -OCH3 is 1. The molecule has 31 heavy (non-hydrogen) atoms. The molecule has 0 atom stereocenters. The van der Waals surface area contributed by atoms with Crippen LogP contribution in [0.25, 0.3) is 0 Å². The maximum atomic E-state index is 13.3. The topological polar surface area (TPSA) is 143 Å². The number of amides is 2. The predicted octanol–water partition coefficient (Wildman–Crippen LogP) is 1.99. The smallest absolute Gasteiger partial charge is 0.422 e. The van der Waals surface area contributed by atoms with Gasteiger partial charge in [0.15, 0.2) is 11.6 Å². The van der Waals surface area contributed by atoms with Crippen molar-refractivity contribution in [3.63, 3.8) is 0 Å². The summed E-state index contributed by atoms with van der Waals surface area (Å²) < 4.78 is 63.9. The van der Waals surface area contributed by atoms with Crippen molar-refractivity contribution in [2.45, 2.75) is 6.42 Å².